The van der Waals surface area contributed by atoms with Crippen molar-refractivity contribution in [2.45, 2.75) is 58.9 Å². The number of amides is 1. The first-order valence-electron chi connectivity index (χ1n) is 7.69. The van der Waals surface area contributed by atoms with Gasteiger partial charge in [-0.3, -0.25) is 4.79 Å². The molecule has 0 aromatic heterocycles. The Balaban J connectivity index is 2.05. The van der Waals surface area contributed by atoms with Crippen LogP contribution in [0.25, 0.3) is 0 Å². The topological polar surface area (TPSA) is 41.1 Å². The zero-order valence-corrected chi connectivity index (χ0v) is 12.8. The Labute approximate surface area is 122 Å². The van der Waals surface area contributed by atoms with E-state index in [1.165, 1.54) is 37.7 Å². The molecule has 1 aliphatic rings. The summed E-state index contributed by atoms with van der Waals surface area (Å²) in [5, 5.41) is 6.52. The van der Waals surface area contributed by atoms with Crippen LogP contribution < -0.4 is 10.6 Å². The van der Waals surface area contributed by atoms with Crippen LogP contribution in [0.1, 0.15) is 51.5 Å². The molecule has 2 N–H and O–H groups in total. The highest BCUT2D eigenvalue weighted by Crippen LogP contribution is 2.27. The van der Waals surface area contributed by atoms with Crippen molar-refractivity contribution in [3.63, 3.8) is 0 Å². The summed E-state index contributed by atoms with van der Waals surface area (Å²) in [4.78, 5) is 11.1. The van der Waals surface area contributed by atoms with Crippen LogP contribution >= 0.6 is 0 Å². The number of aryl methyl sites for hydroxylation is 1. The maximum Gasteiger partial charge on any atom is 0.221 e. The summed E-state index contributed by atoms with van der Waals surface area (Å²) in [6.45, 7) is 6.00. The van der Waals surface area contributed by atoms with Crippen LogP contribution in [0.3, 0.4) is 0 Å². The molecule has 0 spiro atoms. The highest BCUT2D eigenvalue weighted by Gasteiger charge is 2.16. The number of hydrogen-bond donors (Lipinski definition) is 2. The van der Waals surface area contributed by atoms with Crippen LogP contribution in [0, 0.1) is 12.8 Å². The average molecular weight is 274 g/mol. The van der Waals surface area contributed by atoms with Crippen LogP contribution in [0.15, 0.2) is 18.2 Å². The van der Waals surface area contributed by atoms with Crippen LogP contribution in [-0.4, -0.2) is 11.9 Å². The van der Waals surface area contributed by atoms with Crippen molar-refractivity contribution >= 4 is 17.3 Å². The Morgan fingerprint density at radius 3 is 2.75 bits per heavy atom. The molecule has 3 nitrogen and oxygen atoms in total. The minimum absolute atomic E-state index is 0.0249. The van der Waals surface area contributed by atoms with Gasteiger partial charge in [-0.2, -0.15) is 0 Å². The van der Waals surface area contributed by atoms with Gasteiger partial charge in [0, 0.05) is 24.3 Å². The van der Waals surface area contributed by atoms with Gasteiger partial charge in [0.05, 0.1) is 0 Å². The van der Waals surface area contributed by atoms with Gasteiger partial charge in [-0.15, -0.1) is 0 Å². The third kappa shape index (κ3) is 4.26. The predicted molar refractivity (Wildman–Crippen MR) is 85.1 cm³/mol. The monoisotopic (exact) mass is 274 g/mol. The lowest BCUT2D eigenvalue weighted by Gasteiger charge is -2.20. The molecule has 0 saturated heterocycles. The summed E-state index contributed by atoms with van der Waals surface area (Å²) in [5.41, 5.74) is 3.25. The highest BCUT2D eigenvalue weighted by molar-refractivity contribution is 5.89. The molecule has 1 aliphatic carbocycles. The summed E-state index contributed by atoms with van der Waals surface area (Å²) < 4.78 is 0. The zero-order chi connectivity index (χ0) is 14.5. The second-order valence-electron chi connectivity index (χ2n) is 6.17. The summed E-state index contributed by atoms with van der Waals surface area (Å²) in [5.74, 6) is 0.830. The van der Waals surface area contributed by atoms with Gasteiger partial charge in [-0.1, -0.05) is 25.8 Å². The van der Waals surface area contributed by atoms with Crippen LogP contribution in [0.4, 0.5) is 11.4 Å². The normalized spacial score (nSPS) is 22.9. The van der Waals surface area contributed by atoms with Crippen molar-refractivity contribution in [2.75, 3.05) is 10.6 Å². The number of hydrogen-bond acceptors (Lipinski definition) is 2. The van der Waals surface area contributed by atoms with Gasteiger partial charge < -0.3 is 10.6 Å². The van der Waals surface area contributed by atoms with E-state index >= 15 is 0 Å². The molecule has 3 heteroatoms. The van der Waals surface area contributed by atoms with Crippen molar-refractivity contribution in [1.82, 2.24) is 0 Å². The Morgan fingerprint density at radius 1 is 1.20 bits per heavy atom. The second-order valence-corrected chi connectivity index (χ2v) is 6.17. The van der Waals surface area contributed by atoms with Crippen molar-refractivity contribution < 1.29 is 4.79 Å². The van der Waals surface area contributed by atoms with Crippen LogP contribution in [0.5, 0.6) is 0 Å². The van der Waals surface area contributed by atoms with Gasteiger partial charge in [0.1, 0.15) is 0 Å². The van der Waals surface area contributed by atoms with E-state index < -0.39 is 0 Å². The summed E-state index contributed by atoms with van der Waals surface area (Å²) in [6, 6.07) is 6.63. The van der Waals surface area contributed by atoms with E-state index in [1.807, 2.05) is 12.1 Å². The van der Waals surface area contributed by atoms with Crippen molar-refractivity contribution in [3.05, 3.63) is 23.8 Å². The largest absolute Gasteiger partial charge is 0.382 e. The number of anilines is 2. The zero-order valence-electron chi connectivity index (χ0n) is 12.8. The van der Waals surface area contributed by atoms with Crippen molar-refractivity contribution in [2.24, 2.45) is 5.92 Å². The van der Waals surface area contributed by atoms with Gasteiger partial charge in [-0.05, 0) is 49.8 Å². The number of carbonyl (C=O) groups excluding carboxylic acids is 1. The van der Waals surface area contributed by atoms with E-state index in [4.69, 9.17) is 0 Å². The van der Waals surface area contributed by atoms with E-state index in [1.54, 1.807) is 6.92 Å². The second kappa shape index (κ2) is 6.78. The number of carbonyl (C=O) groups is 1. The smallest absolute Gasteiger partial charge is 0.221 e. The van der Waals surface area contributed by atoms with E-state index in [0.717, 1.165) is 17.3 Å². The van der Waals surface area contributed by atoms with Gasteiger partial charge in [0.2, 0.25) is 5.91 Å². The summed E-state index contributed by atoms with van der Waals surface area (Å²) >= 11 is 0. The first-order chi connectivity index (χ1) is 9.54. The van der Waals surface area contributed by atoms with E-state index in [2.05, 4.69) is 30.5 Å². The highest BCUT2D eigenvalue weighted by atomic mass is 16.1. The Bertz CT molecular complexity index is 470. The number of benzene rings is 1. The Hall–Kier alpha value is -1.51. The molecule has 20 heavy (non-hydrogen) atoms. The molecule has 110 valence electrons. The molecule has 2 atom stereocenters. The molecule has 0 aliphatic heterocycles. The Morgan fingerprint density at radius 2 is 2.00 bits per heavy atom. The van der Waals surface area contributed by atoms with Crippen molar-refractivity contribution in [1.29, 1.82) is 0 Å². The van der Waals surface area contributed by atoms with E-state index in [0.29, 0.717) is 6.04 Å². The molecule has 0 heterocycles. The van der Waals surface area contributed by atoms with E-state index in [9.17, 15) is 4.79 Å². The van der Waals surface area contributed by atoms with E-state index in [-0.39, 0.29) is 5.91 Å². The first kappa shape index (κ1) is 14.9. The number of rotatable bonds is 3. The fourth-order valence-corrected chi connectivity index (χ4v) is 2.91. The maximum absolute atomic E-state index is 11.1. The lowest BCUT2D eigenvalue weighted by atomic mass is 10.0. The minimum atomic E-state index is -0.0249. The Kier molecular flexibility index (Phi) is 5.05. The lowest BCUT2D eigenvalue weighted by molar-refractivity contribution is -0.114. The molecule has 0 radical (unpaired) electrons. The molecule has 2 rings (SSSR count). The molecule has 1 saturated carbocycles. The predicted octanol–water partition coefficient (Wildman–Crippen LogP) is 4.33. The standard InChI is InChI=1S/C17H26N2O/c1-12-5-4-6-15(9-7-12)19-17-11-16(18-14(3)20)10-8-13(17)2/h8,10-12,15,19H,4-7,9H2,1-3H3,(H,18,20). The van der Waals surface area contributed by atoms with Gasteiger partial charge >= 0.3 is 0 Å². The molecular formula is C17H26N2O. The van der Waals surface area contributed by atoms with Gasteiger partial charge in [-0.25, -0.2) is 0 Å². The van der Waals surface area contributed by atoms with Crippen LogP contribution in [-0.2, 0) is 4.79 Å². The first-order valence-corrected chi connectivity index (χ1v) is 7.69. The average Bonchev–Trinajstić information content (AvgIpc) is 2.58. The molecule has 1 aromatic rings. The fourth-order valence-electron chi connectivity index (χ4n) is 2.91. The quantitative estimate of drug-likeness (QED) is 0.805. The molecule has 1 aromatic carbocycles. The molecule has 1 fully saturated rings. The van der Waals surface area contributed by atoms with Gasteiger partial charge in [0.25, 0.3) is 0 Å². The molecule has 0 bridgehead atoms. The third-order valence-electron chi connectivity index (χ3n) is 4.18. The molecular weight excluding hydrogens is 248 g/mol. The summed E-state index contributed by atoms with van der Waals surface area (Å²) in [6.07, 6.45) is 6.45. The lowest BCUT2D eigenvalue weighted by Crippen LogP contribution is -2.19. The van der Waals surface area contributed by atoms with Gasteiger partial charge in [0.15, 0.2) is 0 Å². The SMILES string of the molecule is CC(=O)Nc1ccc(C)c(NC2CCCC(C)CC2)c1. The fraction of sp³-hybridized carbons (Fsp3) is 0.588. The van der Waals surface area contributed by atoms with Crippen molar-refractivity contribution in [3.8, 4) is 0 Å². The molecule has 2 unspecified atom stereocenters. The minimum Gasteiger partial charge on any atom is -0.382 e. The van der Waals surface area contributed by atoms with Crippen LogP contribution in [0.2, 0.25) is 0 Å². The third-order valence-corrected chi connectivity index (χ3v) is 4.18. The molecule has 1 amide bonds. The maximum atomic E-state index is 11.1. The number of nitrogens with one attached hydrogen (secondary N) is 2. The summed E-state index contributed by atoms with van der Waals surface area (Å²) in [7, 11) is 0.